The predicted octanol–water partition coefficient (Wildman–Crippen LogP) is 8.19. The monoisotopic (exact) mass is 671 g/mol. The molecule has 0 aliphatic rings. The second-order valence-corrected chi connectivity index (χ2v) is 12.2. The fourth-order valence-corrected chi connectivity index (χ4v) is 5.82. The molecule has 1 unspecified atom stereocenters. The Labute approximate surface area is 290 Å². The number of hydrogen-bond acceptors (Lipinski definition) is 6. The lowest BCUT2D eigenvalue weighted by atomic mass is 10.1. The molecule has 9 heteroatoms. The zero-order valence-electron chi connectivity index (χ0n) is 27.2. The Kier molecular flexibility index (Phi) is 12.2. The van der Waals surface area contributed by atoms with Crippen LogP contribution in [0.15, 0.2) is 144 Å². The van der Waals surface area contributed by atoms with Crippen LogP contribution in [0.5, 0.6) is 11.5 Å². The summed E-state index contributed by atoms with van der Waals surface area (Å²) in [5.41, 5.74) is 3.34. The fourth-order valence-electron chi connectivity index (χ4n) is 4.80. The number of amides is 3. The second-order valence-electron chi connectivity index (χ2n) is 10.9. The van der Waals surface area contributed by atoms with Crippen molar-refractivity contribution >= 4 is 46.9 Å². The van der Waals surface area contributed by atoms with Crippen molar-refractivity contribution in [3.63, 3.8) is 0 Å². The van der Waals surface area contributed by atoms with Crippen molar-refractivity contribution in [2.24, 2.45) is 0 Å². The Morgan fingerprint density at radius 1 is 0.776 bits per heavy atom. The number of hydrogen-bond donors (Lipinski definition) is 3. The summed E-state index contributed by atoms with van der Waals surface area (Å²) in [7, 11) is 1.56. The molecule has 5 aromatic carbocycles. The number of carbonyl (C=O) groups excluding carboxylic acids is 3. The van der Waals surface area contributed by atoms with E-state index in [0.29, 0.717) is 47.0 Å². The minimum Gasteiger partial charge on any atom is -0.495 e. The number of para-hydroxylation sites is 2. The Bertz CT molecular complexity index is 1900. The SMILES string of the molecule is CCC(Sc1cccc(NC(=O)/C(=C/c2ccc(OCc3ccccc3)cc2)NC(=O)c2ccccc2)c1)C(=O)Nc1ccccc1OC. The lowest BCUT2D eigenvalue weighted by Gasteiger charge is -2.17. The lowest BCUT2D eigenvalue weighted by molar-refractivity contribution is -0.116. The van der Waals surface area contributed by atoms with Crippen LogP contribution in [0.2, 0.25) is 0 Å². The fraction of sp³-hybridized carbons (Fsp3) is 0.125. The smallest absolute Gasteiger partial charge is 0.272 e. The van der Waals surface area contributed by atoms with Gasteiger partial charge in [0.1, 0.15) is 23.8 Å². The molecule has 8 nitrogen and oxygen atoms in total. The first-order valence-electron chi connectivity index (χ1n) is 15.8. The van der Waals surface area contributed by atoms with E-state index in [2.05, 4.69) is 16.0 Å². The number of ether oxygens (including phenoxy) is 2. The van der Waals surface area contributed by atoms with Gasteiger partial charge in [0, 0.05) is 16.1 Å². The van der Waals surface area contributed by atoms with Gasteiger partial charge in [-0.25, -0.2) is 0 Å². The van der Waals surface area contributed by atoms with E-state index in [-0.39, 0.29) is 11.6 Å². The second kappa shape index (κ2) is 17.4. The zero-order chi connectivity index (χ0) is 34.4. The molecule has 3 N–H and O–H groups in total. The Balaban J connectivity index is 1.30. The first-order chi connectivity index (χ1) is 23.9. The van der Waals surface area contributed by atoms with Crippen molar-refractivity contribution in [2.75, 3.05) is 17.7 Å². The highest BCUT2D eigenvalue weighted by Crippen LogP contribution is 2.30. The van der Waals surface area contributed by atoms with Gasteiger partial charge in [-0.2, -0.15) is 0 Å². The molecular formula is C40H37N3O5S. The summed E-state index contributed by atoms with van der Waals surface area (Å²) < 4.78 is 11.3. The summed E-state index contributed by atoms with van der Waals surface area (Å²) in [5, 5.41) is 8.25. The van der Waals surface area contributed by atoms with Crippen LogP contribution in [0.3, 0.4) is 0 Å². The molecule has 0 fully saturated rings. The molecule has 0 spiro atoms. The van der Waals surface area contributed by atoms with Crippen LogP contribution in [-0.4, -0.2) is 30.1 Å². The van der Waals surface area contributed by atoms with E-state index in [9.17, 15) is 14.4 Å². The molecule has 1 atom stereocenters. The minimum atomic E-state index is -0.503. The van der Waals surface area contributed by atoms with E-state index in [0.717, 1.165) is 10.5 Å². The molecule has 0 radical (unpaired) electrons. The maximum absolute atomic E-state index is 13.7. The van der Waals surface area contributed by atoms with Crippen LogP contribution in [0.1, 0.15) is 34.8 Å². The van der Waals surface area contributed by atoms with Gasteiger partial charge >= 0.3 is 0 Å². The highest BCUT2D eigenvalue weighted by atomic mass is 32.2. The van der Waals surface area contributed by atoms with Crippen LogP contribution < -0.4 is 25.4 Å². The summed E-state index contributed by atoms with van der Waals surface area (Å²) in [6, 6.07) is 40.3. The van der Waals surface area contributed by atoms with Gasteiger partial charge < -0.3 is 25.4 Å². The quantitative estimate of drug-likeness (QED) is 0.0812. The summed E-state index contributed by atoms with van der Waals surface area (Å²) >= 11 is 1.39. The third kappa shape index (κ3) is 10.1. The molecule has 248 valence electrons. The molecule has 0 aliphatic carbocycles. The molecule has 0 aliphatic heterocycles. The van der Waals surface area contributed by atoms with Gasteiger partial charge in [-0.15, -0.1) is 11.8 Å². The number of carbonyl (C=O) groups is 3. The van der Waals surface area contributed by atoms with E-state index in [4.69, 9.17) is 9.47 Å². The molecule has 0 saturated carbocycles. The van der Waals surface area contributed by atoms with Gasteiger partial charge in [-0.1, -0.05) is 85.8 Å². The highest BCUT2D eigenvalue weighted by Gasteiger charge is 2.20. The van der Waals surface area contributed by atoms with Crippen molar-refractivity contribution in [2.45, 2.75) is 30.1 Å². The molecular weight excluding hydrogens is 635 g/mol. The zero-order valence-corrected chi connectivity index (χ0v) is 28.0. The Hall–Kier alpha value is -5.80. The number of anilines is 2. The largest absolute Gasteiger partial charge is 0.495 e. The van der Waals surface area contributed by atoms with Gasteiger partial charge in [0.05, 0.1) is 18.0 Å². The van der Waals surface area contributed by atoms with Crippen molar-refractivity contribution < 1.29 is 23.9 Å². The molecule has 0 heterocycles. The number of thioether (sulfide) groups is 1. The van der Waals surface area contributed by atoms with Crippen molar-refractivity contribution in [3.05, 3.63) is 156 Å². The number of methoxy groups -OCH3 is 1. The molecule has 5 rings (SSSR count). The standard InChI is InChI=1S/C40H37N3O5S/c1-3-37(40(46)42-34-19-10-11-20-36(34)47-2)49-33-18-12-17-31(26-33)41-39(45)35(43-38(44)30-15-8-5-9-16-30)25-28-21-23-32(24-22-28)48-27-29-13-6-4-7-14-29/h4-26,37H,3,27H2,1-2H3,(H,41,45)(H,42,46)(H,43,44)/b35-25-. The van der Waals surface area contributed by atoms with Gasteiger partial charge in [-0.3, -0.25) is 14.4 Å². The van der Waals surface area contributed by atoms with Crippen LogP contribution >= 0.6 is 11.8 Å². The van der Waals surface area contributed by atoms with Crippen LogP contribution in [0.4, 0.5) is 11.4 Å². The van der Waals surface area contributed by atoms with E-state index in [1.54, 1.807) is 61.7 Å². The minimum absolute atomic E-state index is 0.0625. The topological polar surface area (TPSA) is 106 Å². The van der Waals surface area contributed by atoms with Crippen molar-refractivity contribution in [1.29, 1.82) is 0 Å². The molecule has 49 heavy (non-hydrogen) atoms. The summed E-state index contributed by atoms with van der Waals surface area (Å²) in [6.07, 6.45) is 2.20. The normalized spacial score (nSPS) is 11.6. The third-order valence-corrected chi connectivity index (χ3v) is 8.72. The van der Waals surface area contributed by atoms with Crippen molar-refractivity contribution in [1.82, 2.24) is 5.32 Å². The maximum atomic E-state index is 13.7. The molecule has 5 aromatic rings. The van der Waals surface area contributed by atoms with E-state index >= 15 is 0 Å². The number of rotatable bonds is 14. The van der Waals surface area contributed by atoms with Gasteiger partial charge in [0.2, 0.25) is 5.91 Å². The summed E-state index contributed by atoms with van der Waals surface area (Å²) in [5.74, 6) is 0.183. The van der Waals surface area contributed by atoms with E-state index in [1.807, 2.05) is 91.9 Å². The Morgan fingerprint density at radius 3 is 2.18 bits per heavy atom. The first kappa shape index (κ1) is 34.5. The summed E-state index contributed by atoms with van der Waals surface area (Å²) in [4.78, 5) is 40.8. The van der Waals surface area contributed by atoms with E-state index < -0.39 is 17.1 Å². The van der Waals surface area contributed by atoms with Gasteiger partial charge in [-0.05, 0) is 78.2 Å². The van der Waals surface area contributed by atoms with Gasteiger partial charge in [0.15, 0.2) is 0 Å². The number of benzene rings is 5. The van der Waals surface area contributed by atoms with Crippen LogP contribution in [0, 0.1) is 0 Å². The highest BCUT2D eigenvalue weighted by molar-refractivity contribution is 8.00. The molecule has 0 saturated heterocycles. The number of nitrogens with one attached hydrogen (secondary N) is 3. The molecule has 0 aromatic heterocycles. The predicted molar refractivity (Wildman–Crippen MR) is 196 cm³/mol. The maximum Gasteiger partial charge on any atom is 0.272 e. The average molecular weight is 672 g/mol. The first-order valence-corrected chi connectivity index (χ1v) is 16.7. The van der Waals surface area contributed by atoms with Crippen molar-refractivity contribution in [3.8, 4) is 11.5 Å². The third-order valence-electron chi connectivity index (χ3n) is 7.37. The van der Waals surface area contributed by atoms with Gasteiger partial charge in [0.25, 0.3) is 11.8 Å². The average Bonchev–Trinajstić information content (AvgIpc) is 3.14. The van der Waals surface area contributed by atoms with Crippen LogP contribution in [-0.2, 0) is 16.2 Å². The summed E-state index contributed by atoms with van der Waals surface area (Å²) in [6.45, 7) is 2.37. The lowest BCUT2D eigenvalue weighted by Crippen LogP contribution is -2.30. The molecule has 3 amide bonds. The molecule has 0 bridgehead atoms. The van der Waals surface area contributed by atoms with E-state index in [1.165, 1.54) is 11.8 Å². The Morgan fingerprint density at radius 2 is 1.47 bits per heavy atom. The van der Waals surface area contributed by atoms with Crippen LogP contribution in [0.25, 0.3) is 6.08 Å².